The molecule has 0 spiro atoms. The molecule has 1 atom stereocenters. The van der Waals surface area contributed by atoms with Crippen molar-refractivity contribution in [2.24, 2.45) is 12.8 Å². The van der Waals surface area contributed by atoms with E-state index in [0.717, 1.165) is 6.92 Å². The molecule has 12 heteroatoms. The third-order valence-corrected chi connectivity index (χ3v) is 6.28. The lowest BCUT2D eigenvalue weighted by atomic mass is 10.0. The molecule has 200 valence electrons. The number of aryl methyl sites for hydroxylation is 1. The SMILES string of the molecule is Cn1nccc1-c1cc(Oc2ccc(C(C)(F)F)cc2)ccc1-c1nc(N[C@H]2CCNC2=O)cc(C(N)=O)n1. The molecule has 1 aliphatic heterocycles. The summed E-state index contributed by atoms with van der Waals surface area (Å²) in [7, 11) is 1.77. The van der Waals surface area contributed by atoms with Crippen LogP contribution in [0.2, 0.25) is 0 Å². The number of nitrogens with one attached hydrogen (secondary N) is 2. The zero-order valence-electron chi connectivity index (χ0n) is 21.1. The van der Waals surface area contributed by atoms with Gasteiger partial charge in [0.2, 0.25) is 5.91 Å². The van der Waals surface area contributed by atoms with Crippen molar-refractivity contribution in [2.75, 3.05) is 11.9 Å². The molecule has 39 heavy (non-hydrogen) atoms. The quantitative estimate of drug-likeness (QED) is 0.313. The predicted molar refractivity (Wildman–Crippen MR) is 139 cm³/mol. The highest BCUT2D eigenvalue weighted by molar-refractivity contribution is 5.93. The van der Waals surface area contributed by atoms with Crippen molar-refractivity contribution < 1.29 is 23.1 Å². The molecule has 0 radical (unpaired) electrons. The van der Waals surface area contributed by atoms with Gasteiger partial charge in [-0.05, 0) is 55.0 Å². The van der Waals surface area contributed by atoms with Gasteiger partial charge in [-0.15, -0.1) is 0 Å². The zero-order chi connectivity index (χ0) is 27.7. The predicted octanol–water partition coefficient (Wildman–Crippen LogP) is 3.85. The molecule has 5 rings (SSSR count). The molecule has 4 N–H and O–H groups in total. The molecular formula is C27H25F2N7O3. The topological polar surface area (TPSA) is 137 Å². The van der Waals surface area contributed by atoms with Gasteiger partial charge in [0.15, 0.2) is 5.82 Å². The molecule has 1 saturated heterocycles. The summed E-state index contributed by atoms with van der Waals surface area (Å²) in [6.45, 7) is 1.37. The highest BCUT2D eigenvalue weighted by Crippen LogP contribution is 2.36. The van der Waals surface area contributed by atoms with E-state index in [4.69, 9.17) is 10.5 Å². The Hall–Kier alpha value is -4.87. The molecule has 4 aromatic rings. The normalized spacial score (nSPS) is 15.2. The van der Waals surface area contributed by atoms with Crippen LogP contribution in [0.15, 0.2) is 60.8 Å². The number of anilines is 1. The van der Waals surface area contributed by atoms with E-state index in [9.17, 15) is 18.4 Å². The summed E-state index contributed by atoms with van der Waals surface area (Å²) >= 11 is 0. The summed E-state index contributed by atoms with van der Waals surface area (Å²) in [5.41, 5.74) is 7.30. The number of halogens is 2. The maximum atomic E-state index is 13.6. The minimum absolute atomic E-state index is 0.0231. The van der Waals surface area contributed by atoms with Gasteiger partial charge in [0.05, 0.1) is 5.69 Å². The molecule has 2 amide bonds. The minimum Gasteiger partial charge on any atom is -0.457 e. The van der Waals surface area contributed by atoms with Crippen molar-refractivity contribution in [3.05, 3.63) is 72.1 Å². The van der Waals surface area contributed by atoms with Gasteiger partial charge in [0, 0.05) is 49.5 Å². The number of benzene rings is 2. The molecule has 2 aromatic carbocycles. The van der Waals surface area contributed by atoms with E-state index in [0.29, 0.717) is 41.3 Å². The van der Waals surface area contributed by atoms with E-state index in [-0.39, 0.29) is 28.8 Å². The lowest BCUT2D eigenvalue weighted by Crippen LogP contribution is -2.30. The molecule has 2 aromatic heterocycles. The third-order valence-electron chi connectivity index (χ3n) is 6.28. The van der Waals surface area contributed by atoms with E-state index in [1.807, 2.05) is 0 Å². The maximum Gasteiger partial charge on any atom is 0.270 e. The summed E-state index contributed by atoms with van der Waals surface area (Å²) < 4.78 is 34.8. The zero-order valence-corrected chi connectivity index (χ0v) is 21.1. The third kappa shape index (κ3) is 5.54. The molecule has 0 aliphatic carbocycles. The number of ether oxygens (including phenoxy) is 1. The molecule has 1 aliphatic rings. The summed E-state index contributed by atoms with van der Waals surface area (Å²) in [4.78, 5) is 33.1. The number of nitrogens with zero attached hydrogens (tertiary/aromatic N) is 4. The number of hydrogen-bond donors (Lipinski definition) is 3. The first-order valence-electron chi connectivity index (χ1n) is 12.1. The number of nitrogens with two attached hydrogens (primary N) is 1. The van der Waals surface area contributed by atoms with Crippen LogP contribution < -0.4 is 21.1 Å². The van der Waals surface area contributed by atoms with Crippen LogP contribution in [0, 0.1) is 0 Å². The number of carbonyl (C=O) groups excluding carboxylic acids is 2. The van der Waals surface area contributed by atoms with Crippen LogP contribution in [-0.2, 0) is 17.8 Å². The Kier molecular flexibility index (Phi) is 6.69. The van der Waals surface area contributed by atoms with Crippen molar-refractivity contribution in [1.82, 2.24) is 25.1 Å². The number of alkyl halides is 2. The highest BCUT2D eigenvalue weighted by Gasteiger charge is 2.26. The number of primary amides is 1. The largest absolute Gasteiger partial charge is 0.457 e. The van der Waals surface area contributed by atoms with Crippen LogP contribution in [-0.4, -0.2) is 44.1 Å². The Morgan fingerprint density at radius 3 is 2.46 bits per heavy atom. The first-order valence-corrected chi connectivity index (χ1v) is 12.1. The molecular weight excluding hydrogens is 508 g/mol. The number of hydrogen-bond acceptors (Lipinski definition) is 7. The molecule has 1 fully saturated rings. The lowest BCUT2D eigenvalue weighted by Gasteiger charge is -2.16. The van der Waals surface area contributed by atoms with Gasteiger partial charge < -0.3 is 21.1 Å². The van der Waals surface area contributed by atoms with E-state index in [2.05, 4.69) is 25.7 Å². The van der Waals surface area contributed by atoms with Crippen molar-refractivity contribution in [1.29, 1.82) is 0 Å². The van der Waals surface area contributed by atoms with Gasteiger partial charge >= 0.3 is 0 Å². The number of carbonyl (C=O) groups is 2. The number of amides is 2. The molecule has 0 bridgehead atoms. The van der Waals surface area contributed by atoms with Crippen molar-refractivity contribution in [2.45, 2.75) is 25.3 Å². The maximum absolute atomic E-state index is 13.6. The smallest absolute Gasteiger partial charge is 0.270 e. The first-order chi connectivity index (χ1) is 18.6. The summed E-state index contributed by atoms with van der Waals surface area (Å²) in [5, 5.41) is 10.0. The van der Waals surface area contributed by atoms with Crippen LogP contribution >= 0.6 is 0 Å². The fraction of sp³-hybridized carbons (Fsp3) is 0.222. The average molecular weight is 534 g/mol. The first kappa shape index (κ1) is 25.8. The van der Waals surface area contributed by atoms with E-state index in [1.54, 1.807) is 42.2 Å². The number of rotatable bonds is 8. The second kappa shape index (κ2) is 10.1. The van der Waals surface area contributed by atoms with Gasteiger partial charge in [0.1, 0.15) is 29.1 Å². The van der Waals surface area contributed by atoms with Crippen molar-refractivity contribution in [3.8, 4) is 34.1 Å². The standard InChI is InChI=1S/C27H25F2N7O3/c1-27(28,29)15-3-5-16(6-4-15)39-17-7-8-18(19(13-17)22-10-12-32-36(22)2)25-34-21(24(30)37)14-23(35-25)33-20-9-11-31-26(20)38/h3-8,10,12-14,20H,9,11H2,1-2H3,(H2,30,37)(H,31,38)(H,33,34,35)/t20-/m0/s1. The lowest BCUT2D eigenvalue weighted by molar-refractivity contribution is -0.119. The summed E-state index contributed by atoms with van der Waals surface area (Å²) in [5.74, 6) is -2.59. The Labute approximate surface area is 222 Å². The van der Waals surface area contributed by atoms with Crippen molar-refractivity contribution in [3.63, 3.8) is 0 Å². The fourth-order valence-electron chi connectivity index (χ4n) is 4.26. The second-order valence-corrected chi connectivity index (χ2v) is 9.17. The van der Waals surface area contributed by atoms with Gasteiger partial charge in [-0.3, -0.25) is 14.3 Å². The van der Waals surface area contributed by atoms with E-state index in [1.165, 1.54) is 30.3 Å². The summed E-state index contributed by atoms with van der Waals surface area (Å²) in [6, 6.07) is 13.4. The minimum atomic E-state index is -2.96. The molecule has 10 nitrogen and oxygen atoms in total. The van der Waals surface area contributed by atoms with Crippen LogP contribution in [0.4, 0.5) is 14.6 Å². The van der Waals surface area contributed by atoms with Gasteiger partial charge in [-0.1, -0.05) is 0 Å². The van der Waals surface area contributed by atoms with E-state index < -0.39 is 17.9 Å². The van der Waals surface area contributed by atoms with Crippen LogP contribution in [0.25, 0.3) is 22.6 Å². The Morgan fingerprint density at radius 1 is 1.10 bits per heavy atom. The average Bonchev–Trinajstić information content (AvgIpc) is 3.51. The molecule has 0 unspecified atom stereocenters. The van der Waals surface area contributed by atoms with Gasteiger partial charge in [0.25, 0.3) is 11.8 Å². The number of aromatic nitrogens is 4. The molecule has 0 saturated carbocycles. The van der Waals surface area contributed by atoms with Crippen molar-refractivity contribution >= 4 is 17.6 Å². The van der Waals surface area contributed by atoms with Crippen LogP contribution in [0.1, 0.15) is 29.4 Å². The highest BCUT2D eigenvalue weighted by atomic mass is 19.3. The Bertz CT molecular complexity index is 1550. The fourth-order valence-corrected chi connectivity index (χ4v) is 4.26. The summed E-state index contributed by atoms with van der Waals surface area (Å²) in [6.07, 6.45) is 2.19. The molecule has 3 heterocycles. The second-order valence-electron chi connectivity index (χ2n) is 9.17. The van der Waals surface area contributed by atoms with Crippen LogP contribution in [0.5, 0.6) is 11.5 Å². The van der Waals surface area contributed by atoms with Gasteiger partial charge in [-0.25, -0.2) is 18.7 Å². The van der Waals surface area contributed by atoms with Crippen LogP contribution in [0.3, 0.4) is 0 Å². The Morgan fingerprint density at radius 2 is 1.85 bits per heavy atom. The van der Waals surface area contributed by atoms with E-state index >= 15 is 0 Å². The van der Waals surface area contributed by atoms with Gasteiger partial charge in [-0.2, -0.15) is 5.10 Å². The Balaban J connectivity index is 1.55. The monoisotopic (exact) mass is 533 g/mol.